The maximum absolute atomic E-state index is 12.4. The Morgan fingerprint density at radius 2 is 2.00 bits per heavy atom. The number of hydrogen-bond acceptors (Lipinski definition) is 4. The Morgan fingerprint density at radius 3 is 2.71 bits per heavy atom. The van der Waals surface area contributed by atoms with Gasteiger partial charge in [-0.25, -0.2) is 0 Å². The summed E-state index contributed by atoms with van der Waals surface area (Å²) in [6.45, 7) is 3.37. The minimum absolute atomic E-state index is 0.0192. The number of pyridine rings is 1. The summed E-state index contributed by atoms with van der Waals surface area (Å²) in [6.07, 6.45) is 3.39. The molecule has 3 rings (SSSR count). The van der Waals surface area contributed by atoms with E-state index < -0.39 is 0 Å². The number of amides is 1. The van der Waals surface area contributed by atoms with Crippen LogP contribution in [0.2, 0.25) is 0 Å². The van der Waals surface area contributed by atoms with Crippen molar-refractivity contribution in [3.8, 4) is 0 Å². The Kier molecular flexibility index (Phi) is 5.43. The number of nitrogens with one attached hydrogen (secondary N) is 2. The molecule has 5 nitrogen and oxygen atoms in total. The fourth-order valence-electron chi connectivity index (χ4n) is 2.92. The Hall–Kier alpha value is -2.40. The second-order valence-corrected chi connectivity index (χ2v) is 6.00. The van der Waals surface area contributed by atoms with Crippen LogP contribution in [0.25, 0.3) is 0 Å². The summed E-state index contributed by atoms with van der Waals surface area (Å²) in [4.78, 5) is 16.8. The van der Waals surface area contributed by atoms with E-state index in [2.05, 4.69) is 15.6 Å². The summed E-state index contributed by atoms with van der Waals surface area (Å²) < 4.78 is 5.48. The van der Waals surface area contributed by atoms with Gasteiger partial charge in [0.1, 0.15) is 0 Å². The lowest BCUT2D eigenvalue weighted by molar-refractivity contribution is -0.121. The van der Waals surface area contributed by atoms with Crippen molar-refractivity contribution in [2.45, 2.75) is 25.9 Å². The van der Waals surface area contributed by atoms with Crippen LogP contribution in [-0.2, 0) is 16.0 Å². The van der Waals surface area contributed by atoms with Crippen molar-refractivity contribution in [2.24, 2.45) is 5.92 Å². The van der Waals surface area contributed by atoms with Crippen LogP contribution >= 0.6 is 0 Å². The maximum atomic E-state index is 12.4. The molecule has 5 heteroatoms. The summed E-state index contributed by atoms with van der Waals surface area (Å²) in [5.41, 5.74) is 2.78. The summed E-state index contributed by atoms with van der Waals surface area (Å²) in [7, 11) is 0. The molecule has 126 valence electrons. The number of hydrogen-bond donors (Lipinski definition) is 2. The van der Waals surface area contributed by atoms with Gasteiger partial charge in [-0.2, -0.15) is 0 Å². The second-order valence-electron chi connectivity index (χ2n) is 6.00. The molecule has 2 N–H and O–H groups in total. The second kappa shape index (κ2) is 7.93. The minimum atomic E-state index is -0.0772. The number of aromatic nitrogens is 1. The molecule has 1 aliphatic heterocycles. The molecule has 1 fully saturated rings. The van der Waals surface area contributed by atoms with Gasteiger partial charge >= 0.3 is 0 Å². The van der Waals surface area contributed by atoms with Gasteiger partial charge in [0.05, 0.1) is 23.4 Å². The number of benzene rings is 1. The van der Waals surface area contributed by atoms with Gasteiger partial charge in [-0.15, -0.1) is 0 Å². The zero-order valence-corrected chi connectivity index (χ0v) is 13.9. The van der Waals surface area contributed by atoms with Crippen LogP contribution in [0.5, 0.6) is 0 Å². The molecule has 2 atom stereocenters. The third kappa shape index (κ3) is 4.11. The average molecular weight is 325 g/mol. The van der Waals surface area contributed by atoms with Crippen LogP contribution in [-0.4, -0.2) is 30.1 Å². The Balaban J connectivity index is 1.59. The summed E-state index contributed by atoms with van der Waals surface area (Å²) in [5.74, 6) is -0.0504. The lowest BCUT2D eigenvalue weighted by Gasteiger charge is -2.17. The largest absolute Gasteiger partial charge is 0.383 e. The maximum Gasteiger partial charge on any atom is 0.230 e. The van der Waals surface area contributed by atoms with E-state index in [0.717, 1.165) is 36.5 Å². The number of ether oxygens (including phenoxy) is 1. The molecule has 1 aromatic carbocycles. The van der Waals surface area contributed by atoms with Crippen molar-refractivity contribution in [1.82, 2.24) is 4.98 Å². The van der Waals surface area contributed by atoms with E-state index in [4.69, 9.17) is 4.74 Å². The van der Waals surface area contributed by atoms with Crippen LogP contribution in [0, 0.1) is 5.92 Å². The predicted molar refractivity (Wildman–Crippen MR) is 95.0 cm³/mol. The number of carbonyl (C=O) groups excluding carboxylic acids is 1. The first-order chi connectivity index (χ1) is 11.7. The highest BCUT2D eigenvalue weighted by Gasteiger charge is 2.30. The molecule has 0 aliphatic carbocycles. The van der Waals surface area contributed by atoms with Crippen molar-refractivity contribution in [1.29, 1.82) is 0 Å². The van der Waals surface area contributed by atoms with Crippen LogP contribution in [0.15, 0.2) is 48.7 Å². The quantitative estimate of drug-likeness (QED) is 0.856. The molecule has 1 amide bonds. The number of rotatable bonds is 6. The van der Waals surface area contributed by atoms with Crippen LogP contribution in [0.3, 0.4) is 0 Å². The third-order valence-corrected chi connectivity index (χ3v) is 4.32. The highest BCUT2D eigenvalue weighted by Crippen LogP contribution is 2.25. The summed E-state index contributed by atoms with van der Waals surface area (Å²) >= 11 is 0. The van der Waals surface area contributed by atoms with Crippen LogP contribution in [0.1, 0.15) is 19.0 Å². The minimum Gasteiger partial charge on any atom is -0.383 e. The van der Waals surface area contributed by atoms with E-state index in [1.165, 1.54) is 0 Å². The molecular weight excluding hydrogens is 302 g/mol. The first-order valence-electron chi connectivity index (χ1n) is 8.39. The Labute approximate surface area is 142 Å². The van der Waals surface area contributed by atoms with Gasteiger partial charge in [-0.1, -0.05) is 18.2 Å². The Bertz CT molecular complexity index is 675. The first kappa shape index (κ1) is 16.5. The van der Waals surface area contributed by atoms with Crippen molar-refractivity contribution in [3.63, 3.8) is 0 Å². The zero-order valence-electron chi connectivity index (χ0n) is 13.9. The molecule has 1 aliphatic rings. The molecule has 0 unspecified atom stereocenters. The predicted octanol–water partition coefficient (Wildman–Crippen LogP) is 3.10. The van der Waals surface area contributed by atoms with E-state index in [-0.39, 0.29) is 17.9 Å². The van der Waals surface area contributed by atoms with Gasteiger partial charge in [0.15, 0.2) is 0 Å². The highest BCUT2D eigenvalue weighted by molar-refractivity contribution is 5.96. The summed E-state index contributed by atoms with van der Waals surface area (Å²) in [5, 5.41) is 6.42. The topological polar surface area (TPSA) is 63.2 Å². The number of anilines is 2. The molecule has 2 heterocycles. The molecule has 2 aromatic rings. The summed E-state index contributed by atoms with van der Waals surface area (Å²) in [6, 6.07) is 13.7. The van der Waals surface area contributed by atoms with Crippen LogP contribution < -0.4 is 10.6 Å². The average Bonchev–Trinajstić information content (AvgIpc) is 3.03. The number of nitrogens with zero attached hydrogens (tertiary/aromatic N) is 1. The Morgan fingerprint density at radius 1 is 1.21 bits per heavy atom. The molecule has 1 saturated heterocycles. The molecule has 0 bridgehead atoms. The van der Waals surface area contributed by atoms with Crippen molar-refractivity contribution in [3.05, 3.63) is 54.4 Å². The van der Waals surface area contributed by atoms with E-state index >= 15 is 0 Å². The van der Waals surface area contributed by atoms with Gasteiger partial charge in [0, 0.05) is 31.5 Å². The highest BCUT2D eigenvalue weighted by atomic mass is 16.5. The lowest BCUT2D eigenvalue weighted by atomic mass is 10.0. The van der Waals surface area contributed by atoms with E-state index in [1.54, 1.807) is 6.20 Å². The van der Waals surface area contributed by atoms with Gasteiger partial charge in [-0.05, 0) is 37.6 Å². The lowest BCUT2D eigenvalue weighted by Crippen LogP contribution is -2.28. The third-order valence-electron chi connectivity index (χ3n) is 4.32. The monoisotopic (exact) mass is 325 g/mol. The van der Waals surface area contributed by atoms with Gasteiger partial charge in [-0.3, -0.25) is 9.78 Å². The molecule has 0 saturated carbocycles. The molecule has 0 spiro atoms. The standard InChI is InChI=1S/C19H23N3O2/c1-14-16(10-13-24-14)19(23)22-18-8-3-2-7-17(18)21-12-9-15-6-4-5-11-20-15/h2-8,11,14,16,21H,9-10,12-13H2,1H3,(H,22,23)/t14-,16-/m0/s1. The van der Waals surface area contributed by atoms with Crippen LogP contribution in [0.4, 0.5) is 11.4 Å². The van der Waals surface area contributed by atoms with Gasteiger partial charge in [0.2, 0.25) is 5.91 Å². The van der Waals surface area contributed by atoms with E-state index in [9.17, 15) is 4.79 Å². The fraction of sp³-hybridized carbons (Fsp3) is 0.368. The molecule has 24 heavy (non-hydrogen) atoms. The molecule has 0 radical (unpaired) electrons. The fourth-order valence-corrected chi connectivity index (χ4v) is 2.92. The van der Waals surface area contributed by atoms with E-state index in [1.807, 2.05) is 49.4 Å². The van der Waals surface area contributed by atoms with Crippen molar-refractivity contribution < 1.29 is 9.53 Å². The van der Waals surface area contributed by atoms with Crippen molar-refractivity contribution in [2.75, 3.05) is 23.8 Å². The van der Waals surface area contributed by atoms with Crippen molar-refractivity contribution >= 4 is 17.3 Å². The number of para-hydroxylation sites is 2. The van der Waals surface area contributed by atoms with E-state index in [0.29, 0.717) is 6.61 Å². The van der Waals surface area contributed by atoms with Gasteiger partial charge < -0.3 is 15.4 Å². The smallest absolute Gasteiger partial charge is 0.230 e. The molecular formula is C19H23N3O2. The van der Waals surface area contributed by atoms with Gasteiger partial charge in [0.25, 0.3) is 0 Å². The SMILES string of the molecule is C[C@@H]1OCC[C@@H]1C(=O)Nc1ccccc1NCCc1ccccn1. The normalized spacial score (nSPS) is 19.9. The molecule has 1 aromatic heterocycles. The first-order valence-corrected chi connectivity index (χ1v) is 8.39. The zero-order chi connectivity index (χ0) is 16.8. The number of carbonyl (C=O) groups is 1.